The summed E-state index contributed by atoms with van der Waals surface area (Å²) in [5.74, 6) is 0.895. The molecule has 3 rings (SSSR count). The van der Waals surface area contributed by atoms with Crippen molar-refractivity contribution in [2.45, 2.75) is 37.5 Å². The summed E-state index contributed by atoms with van der Waals surface area (Å²) in [5.41, 5.74) is 0.636. The van der Waals surface area contributed by atoms with Gasteiger partial charge in [-0.15, -0.1) is 0 Å². The summed E-state index contributed by atoms with van der Waals surface area (Å²) in [6.07, 6.45) is -3.38. The summed E-state index contributed by atoms with van der Waals surface area (Å²) < 4.78 is 49.8. The van der Waals surface area contributed by atoms with Crippen molar-refractivity contribution in [3.05, 3.63) is 95.1 Å². The van der Waals surface area contributed by atoms with Crippen LogP contribution in [0, 0.1) is 0 Å². The number of methoxy groups -OCH3 is 2. The van der Waals surface area contributed by atoms with Gasteiger partial charge in [-0.25, -0.2) is 0 Å². The van der Waals surface area contributed by atoms with Crippen LogP contribution in [0.1, 0.15) is 41.6 Å². The number of amides is 1. The topological polar surface area (TPSA) is 59.6 Å². The molecule has 0 aromatic heterocycles. The Morgan fingerprint density at radius 2 is 1.53 bits per heavy atom. The third-order valence-corrected chi connectivity index (χ3v) is 6.31. The van der Waals surface area contributed by atoms with E-state index in [0.29, 0.717) is 24.3 Å². The molecular formula is C28H31F3N2O3. The van der Waals surface area contributed by atoms with Gasteiger partial charge in [0.05, 0.1) is 19.8 Å². The van der Waals surface area contributed by atoms with Gasteiger partial charge in [-0.3, -0.25) is 10.1 Å². The summed E-state index contributed by atoms with van der Waals surface area (Å²) in [6, 6.07) is 19.7. The van der Waals surface area contributed by atoms with Crippen LogP contribution in [0.15, 0.2) is 72.8 Å². The summed E-state index contributed by atoms with van der Waals surface area (Å²) in [6.45, 7) is 1.81. The molecule has 0 spiro atoms. The van der Waals surface area contributed by atoms with Gasteiger partial charge in [-0.05, 0) is 60.7 Å². The number of alkyl halides is 3. The van der Waals surface area contributed by atoms with Gasteiger partial charge in [-0.1, -0.05) is 48.5 Å². The molecule has 2 atom stereocenters. The van der Waals surface area contributed by atoms with E-state index in [2.05, 4.69) is 10.6 Å². The molecule has 3 aromatic carbocycles. The fourth-order valence-electron chi connectivity index (χ4n) is 4.21. The van der Waals surface area contributed by atoms with E-state index in [1.807, 2.05) is 49.4 Å². The molecule has 2 N–H and O–H groups in total. The fourth-order valence-corrected chi connectivity index (χ4v) is 4.21. The highest BCUT2D eigenvalue weighted by atomic mass is 19.4. The Bertz CT molecular complexity index is 1150. The van der Waals surface area contributed by atoms with Gasteiger partial charge >= 0.3 is 6.18 Å². The van der Waals surface area contributed by atoms with Crippen LogP contribution in [0.25, 0.3) is 0 Å². The second kappa shape index (κ2) is 11.5. The van der Waals surface area contributed by atoms with Gasteiger partial charge in [0, 0.05) is 13.1 Å². The van der Waals surface area contributed by atoms with Crippen molar-refractivity contribution < 1.29 is 27.4 Å². The van der Waals surface area contributed by atoms with Gasteiger partial charge in [0.25, 0.3) is 0 Å². The van der Waals surface area contributed by atoms with Crippen molar-refractivity contribution in [3.63, 3.8) is 0 Å². The highest BCUT2D eigenvalue weighted by molar-refractivity contribution is 5.87. The number of halogens is 3. The smallest absolute Gasteiger partial charge is 0.416 e. The number of carbonyl (C=O) groups is 1. The van der Waals surface area contributed by atoms with Crippen LogP contribution in [0.4, 0.5) is 13.2 Å². The van der Waals surface area contributed by atoms with Crippen molar-refractivity contribution >= 4 is 5.91 Å². The molecule has 0 unspecified atom stereocenters. The molecule has 0 bridgehead atoms. The molecule has 0 saturated heterocycles. The van der Waals surface area contributed by atoms with Gasteiger partial charge in [0.2, 0.25) is 5.91 Å². The average Bonchev–Trinajstić information content (AvgIpc) is 2.90. The van der Waals surface area contributed by atoms with Crippen molar-refractivity contribution in [1.29, 1.82) is 0 Å². The Hall–Kier alpha value is -3.52. The first kappa shape index (κ1) is 27.1. The van der Waals surface area contributed by atoms with Gasteiger partial charge in [-0.2, -0.15) is 13.2 Å². The van der Waals surface area contributed by atoms with Crippen LogP contribution in [0.3, 0.4) is 0 Å². The number of hydrogen-bond donors (Lipinski definition) is 2. The van der Waals surface area contributed by atoms with Crippen LogP contribution in [0.5, 0.6) is 11.5 Å². The second-order valence-corrected chi connectivity index (χ2v) is 8.61. The standard InChI is InChI=1S/C28H31F3N2O3/c1-27(26(34)32-2,21-8-6-5-7-9-21)33-23(20-13-17-24(35-3)25(18-20)36-4)16-12-19-10-14-22(15-11-19)28(29,30)31/h5-11,13-15,17-18,23,33H,12,16H2,1-4H3,(H,32,34)/t23-,27+/m1/s1. The molecule has 0 fully saturated rings. The van der Waals surface area contributed by atoms with Crippen LogP contribution >= 0.6 is 0 Å². The Labute approximate surface area is 209 Å². The fraction of sp³-hybridized carbons (Fsp3) is 0.321. The lowest BCUT2D eigenvalue weighted by atomic mass is 9.87. The molecule has 36 heavy (non-hydrogen) atoms. The van der Waals surface area contributed by atoms with E-state index in [9.17, 15) is 18.0 Å². The van der Waals surface area contributed by atoms with Crippen LogP contribution in [-0.2, 0) is 22.9 Å². The van der Waals surface area contributed by atoms with Crippen molar-refractivity contribution in [1.82, 2.24) is 10.6 Å². The van der Waals surface area contributed by atoms with Crippen LogP contribution < -0.4 is 20.1 Å². The van der Waals surface area contributed by atoms with E-state index in [1.54, 1.807) is 27.3 Å². The summed E-state index contributed by atoms with van der Waals surface area (Å²) in [4.78, 5) is 13.1. The maximum absolute atomic E-state index is 13.1. The maximum Gasteiger partial charge on any atom is 0.416 e. The number of likely N-dealkylation sites (N-methyl/N-ethyl adjacent to an activating group) is 1. The molecular weight excluding hydrogens is 469 g/mol. The lowest BCUT2D eigenvalue weighted by molar-refractivity contribution is -0.137. The zero-order valence-electron chi connectivity index (χ0n) is 20.8. The zero-order chi connectivity index (χ0) is 26.3. The number of benzene rings is 3. The van der Waals surface area contributed by atoms with Crippen molar-refractivity contribution in [2.24, 2.45) is 0 Å². The largest absolute Gasteiger partial charge is 0.493 e. The minimum Gasteiger partial charge on any atom is -0.493 e. The third kappa shape index (κ3) is 6.18. The molecule has 0 radical (unpaired) electrons. The van der Waals surface area contributed by atoms with Crippen molar-refractivity contribution in [3.8, 4) is 11.5 Å². The van der Waals surface area contributed by atoms with E-state index in [1.165, 1.54) is 12.1 Å². The lowest BCUT2D eigenvalue weighted by Crippen LogP contribution is -2.52. The van der Waals surface area contributed by atoms with E-state index in [-0.39, 0.29) is 11.9 Å². The third-order valence-electron chi connectivity index (χ3n) is 6.31. The van der Waals surface area contributed by atoms with Crippen LogP contribution in [0.2, 0.25) is 0 Å². The maximum atomic E-state index is 13.1. The number of aryl methyl sites for hydroxylation is 1. The first-order valence-electron chi connectivity index (χ1n) is 11.6. The predicted molar refractivity (Wildman–Crippen MR) is 133 cm³/mol. The van der Waals surface area contributed by atoms with Gasteiger partial charge < -0.3 is 14.8 Å². The number of nitrogens with one attached hydrogen (secondary N) is 2. The molecule has 0 heterocycles. The Morgan fingerprint density at radius 3 is 2.08 bits per heavy atom. The van der Waals surface area contributed by atoms with Crippen molar-refractivity contribution in [2.75, 3.05) is 21.3 Å². The Morgan fingerprint density at radius 1 is 0.889 bits per heavy atom. The zero-order valence-corrected chi connectivity index (χ0v) is 20.8. The Balaban J connectivity index is 1.97. The molecule has 0 aliphatic heterocycles. The molecule has 3 aromatic rings. The number of ether oxygens (including phenoxy) is 2. The van der Waals surface area contributed by atoms with E-state index in [0.717, 1.165) is 28.8 Å². The Kier molecular flexibility index (Phi) is 8.63. The lowest BCUT2D eigenvalue weighted by Gasteiger charge is -2.35. The number of rotatable bonds is 10. The second-order valence-electron chi connectivity index (χ2n) is 8.61. The summed E-state index contributed by atoms with van der Waals surface area (Å²) >= 11 is 0. The first-order chi connectivity index (χ1) is 17.1. The van der Waals surface area contributed by atoms with E-state index in [4.69, 9.17) is 9.47 Å². The minimum absolute atomic E-state index is 0.214. The predicted octanol–water partition coefficient (Wildman–Crippen LogP) is 5.65. The SMILES string of the molecule is CNC(=O)[C@@](C)(N[C@H](CCc1ccc(C(F)(F)F)cc1)c1ccc(OC)c(OC)c1)c1ccccc1. The molecule has 5 nitrogen and oxygen atoms in total. The summed E-state index contributed by atoms with van der Waals surface area (Å²) in [5, 5.41) is 6.26. The molecule has 0 aliphatic rings. The van der Waals surface area contributed by atoms with Gasteiger partial charge in [0.15, 0.2) is 11.5 Å². The number of hydrogen-bond acceptors (Lipinski definition) is 4. The molecule has 0 aliphatic carbocycles. The molecule has 0 saturated carbocycles. The molecule has 192 valence electrons. The quantitative estimate of drug-likeness (QED) is 0.378. The highest BCUT2D eigenvalue weighted by Crippen LogP contribution is 2.35. The highest BCUT2D eigenvalue weighted by Gasteiger charge is 2.37. The van der Waals surface area contributed by atoms with Gasteiger partial charge in [0.1, 0.15) is 5.54 Å². The first-order valence-corrected chi connectivity index (χ1v) is 11.6. The van der Waals surface area contributed by atoms with Crippen LogP contribution in [-0.4, -0.2) is 27.2 Å². The monoisotopic (exact) mass is 500 g/mol. The normalized spacial score (nSPS) is 14.0. The minimum atomic E-state index is -4.38. The van der Waals surface area contributed by atoms with E-state index < -0.39 is 17.3 Å². The number of carbonyl (C=O) groups excluding carboxylic acids is 1. The average molecular weight is 501 g/mol. The molecule has 8 heteroatoms. The molecule has 1 amide bonds. The summed E-state index contributed by atoms with van der Waals surface area (Å²) in [7, 11) is 4.68. The van der Waals surface area contributed by atoms with E-state index >= 15 is 0 Å².